The van der Waals surface area contributed by atoms with Gasteiger partial charge in [-0.1, -0.05) is 48.5 Å². The second-order valence-electron chi connectivity index (χ2n) is 6.15. The lowest BCUT2D eigenvalue weighted by Gasteiger charge is -2.21. The van der Waals surface area contributed by atoms with E-state index in [2.05, 4.69) is 5.32 Å². The third-order valence-electron chi connectivity index (χ3n) is 4.65. The van der Waals surface area contributed by atoms with E-state index in [9.17, 15) is 8.42 Å². The molecular formula is C19H20N2O2S. The highest BCUT2D eigenvalue weighted by atomic mass is 32.2. The Bertz CT molecular complexity index is 991. The van der Waals surface area contributed by atoms with Gasteiger partial charge in [-0.05, 0) is 35.2 Å². The molecule has 0 saturated carbocycles. The Kier molecular flexibility index (Phi) is 4.00. The molecule has 124 valence electrons. The van der Waals surface area contributed by atoms with E-state index in [-0.39, 0.29) is 0 Å². The Hall–Kier alpha value is -1.95. The molecule has 1 aliphatic heterocycles. The van der Waals surface area contributed by atoms with Crippen molar-refractivity contribution in [3.05, 3.63) is 54.6 Å². The molecule has 1 heterocycles. The summed E-state index contributed by atoms with van der Waals surface area (Å²) in [7, 11) is -3.51. The van der Waals surface area contributed by atoms with Gasteiger partial charge in [-0.25, -0.2) is 8.42 Å². The number of hydrogen-bond acceptors (Lipinski definition) is 3. The summed E-state index contributed by atoms with van der Waals surface area (Å²) < 4.78 is 28.2. The molecule has 0 unspecified atom stereocenters. The molecule has 5 heteroatoms. The van der Waals surface area contributed by atoms with Gasteiger partial charge in [0.25, 0.3) is 0 Å². The molecule has 3 aromatic rings. The molecule has 0 amide bonds. The molecule has 0 bridgehead atoms. The van der Waals surface area contributed by atoms with Gasteiger partial charge in [-0.15, -0.1) is 0 Å². The lowest BCUT2D eigenvalue weighted by atomic mass is 10.0. The van der Waals surface area contributed by atoms with Crippen molar-refractivity contribution >= 4 is 31.6 Å². The Labute approximate surface area is 142 Å². The minimum absolute atomic E-state index is 0.415. The third kappa shape index (κ3) is 2.59. The summed E-state index contributed by atoms with van der Waals surface area (Å²) in [5, 5.41) is 7.10. The summed E-state index contributed by atoms with van der Waals surface area (Å²) in [4.78, 5) is 0.415. The van der Waals surface area contributed by atoms with E-state index in [1.165, 1.54) is 0 Å². The topological polar surface area (TPSA) is 49.4 Å². The van der Waals surface area contributed by atoms with E-state index >= 15 is 0 Å². The predicted octanol–water partition coefficient (Wildman–Crippen LogP) is 2.98. The van der Waals surface area contributed by atoms with Gasteiger partial charge in [0.05, 0.1) is 4.90 Å². The summed E-state index contributed by atoms with van der Waals surface area (Å²) in [5.74, 6) is 0. The van der Waals surface area contributed by atoms with Gasteiger partial charge in [-0.2, -0.15) is 4.31 Å². The third-order valence-corrected chi connectivity index (χ3v) is 6.59. The molecule has 3 aromatic carbocycles. The fraction of sp³-hybridized carbons (Fsp3) is 0.263. The van der Waals surface area contributed by atoms with Crippen molar-refractivity contribution in [2.75, 3.05) is 26.2 Å². The first-order valence-corrected chi connectivity index (χ1v) is 9.73. The fourth-order valence-corrected chi connectivity index (χ4v) is 5.14. The quantitative estimate of drug-likeness (QED) is 0.730. The molecule has 1 saturated heterocycles. The van der Waals surface area contributed by atoms with E-state index in [0.29, 0.717) is 24.5 Å². The van der Waals surface area contributed by atoms with Crippen LogP contribution in [0.2, 0.25) is 0 Å². The Morgan fingerprint density at radius 1 is 0.833 bits per heavy atom. The van der Waals surface area contributed by atoms with Crippen LogP contribution in [-0.2, 0) is 10.0 Å². The van der Waals surface area contributed by atoms with Crippen LogP contribution in [0.25, 0.3) is 21.5 Å². The Balaban J connectivity index is 1.97. The van der Waals surface area contributed by atoms with Crippen molar-refractivity contribution in [2.24, 2.45) is 0 Å². The standard InChI is InChI=1S/C19H20N2O2S/c22-24(23,21-12-5-10-20-11-13-21)19-14-15-6-1-2-7-16(15)17-8-3-4-9-18(17)19/h1-4,6-9,14,20H,5,10-13H2. The molecule has 24 heavy (non-hydrogen) atoms. The molecular weight excluding hydrogens is 320 g/mol. The highest BCUT2D eigenvalue weighted by molar-refractivity contribution is 7.89. The van der Waals surface area contributed by atoms with Crippen LogP contribution < -0.4 is 5.32 Å². The van der Waals surface area contributed by atoms with Crippen LogP contribution >= 0.6 is 0 Å². The molecule has 0 aliphatic carbocycles. The van der Waals surface area contributed by atoms with Gasteiger partial charge in [-0.3, -0.25) is 0 Å². The van der Waals surface area contributed by atoms with Gasteiger partial charge in [0.2, 0.25) is 10.0 Å². The molecule has 1 aliphatic rings. The maximum absolute atomic E-state index is 13.3. The summed E-state index contributed by atoms with van der Waals surface area (Å²) in [5.41, 5.74) is 0. The SMILES string of the molecule is O=S(=O)(c1cc2ccccc2c2ccccc12)N1CCCNCC1. The number of nitrogens with one attached hydrogen (secondary N) is 1. The maximum Gasteiger partial charge on any atom is 0.243 e. The monoisotopic (exact) mass is 340 g/mol. The van der Waals surface area contributed by atoms with E-state index in [0.717, 1.165) is 34.5 Å². The number of benzene rings is 3. The summed E-state index contributed by atoms with van der Waals surface area (Å²) in [6.45, 7) is 2.65. The largest absolute Gasteiger partial charge is 0.315 e. The lowest BCUT2D eigenvalue weighted by Crippen LogP contribution is -2.34. The first-order chi connectivity index (χ1) is 11.7. The molecule has 4 nitrogen and oxygen atoms in total. The highest BCUT2D eigenvalue weighted by Crippen LogP contribution is 2.32. The second-order valence-corrected chi connectivity index (χ2v) is 8.06. The second kappa shape index (κ2) is 6.16. The van der Waals surface area contributed by atoms with E-state index in [1.54, 1.807) is 4.31 Å². The molecule has 0 spiro atoms. The molecule has 0 aromatic heterocycles. The summed E-state index contributed by atoms with van der Waals surface area (Å²) in [6, 6.07) is 17.6. The van der Waals surface area contributed by atoms with Crippen LogP contribution in [0.4, 0.5) is 0 Å². The average Bonchev–Trinajstić information content (AvgIpc) is 2.91. The molecule has 0 atom stereocenters. The predicted molar refractivity (Wildman–Crippen MR) is 97.7 cm³/mol. The van der Waals surface area contributed by atoms with Crippen molar-refractivity contribution in [3.63, 3.8) is 0 Å². The van der Waals surface area contributed by atoms with Crippen molar-refractivity contribution in [1.82, 2.24) is 9.62 Å². The van der Waals surface area contributed by atoms with Crippen molar-refractivity contribution in [3.8, 4) is 0 Å². The number of fused-ring (bicyclic) bond motifs is 3. The molecule has 1 N–H and O–H groups in total. The fourth-order valence-electron chi connectivity index (χ4n) is 3.43. The Morgan fingerprint density at radius 2 is 1.54 bits per heavy atom. The normalized spacial score (nSPS) is 17.2. The van der Waals surface area contributed by atoms with Gasteiger partial charge in [0, 0.05) is 25.0 Å². The van der Waals surface area contributed by atoms with Crippen molar-refractivity contribution < 1.29 is 8.42 Å². The van der Waals surface area contributed by atoms with E-state index in [4.69, 9.17) is 0 Å². The highest BCUT2D eigenvalue weighted by Gasteiger charge is 2.27. The van der Waals surface area contributed by atoms with Crippen LogP contribution in [0, 0.1) is 0 Å². The van der Waals surface area contributed by atoms with Crippen LogP contribution in [-0.4, -0.2) is 38.9 Å². The zero-order chi connectivity index (χ0) is 16.6. The van der Waals surface area contributed by atoms with Crippen LogP contribution in [0.1, 0.15) is 6.42 Å². The number of hydrogen-bond donors (Lipinski definition) is 1. The number of nitrogens with zero attached hydrogens (tertiary/aromatic N) is 1. The first kappa shape index (κ1) is 15.6. The first-order valence-electron chi connectivity index (χ1n) is 8.29. The number of sulfonamides is 1. The van der Waals surface area contributed by atoms with Crippen molar-refractivity contribution in [2.45, 2.75) is 11.3 Å². The number of rotatable bonds is 2. The molecule has 0 radical (unpaired) electrons. The minimum atomic E-state index is -3.51. The summed E-state index contributed by atoms with van der Waals surface area (Å²) >= 11 is 0. The zero-order valence-corrected chi connectivity index (χ0v) is 14.2. The smallest absolute Gasteiger partial charge is 0.243 e. The van der Waals surface area contributed by atoms with Gasteiger partial charge >= 0.3 is 0 Å². The van der Waals surface area contributed by atoms with Crippen molar-refractivity contribution in [1.29, 1.82) is 0 Å². The van der Waals surface area contributed by atoms with Crippen LogP contribution in [0.5, 0.6) is 0 Å². The van der Waals surface area contributed by atoms with E-state index < -0.39 is 10.0 Å². The summed E-state index contributed by atoms with van der Waals surface area (Å²) in [6.07, 6.45) is 0.838. The van der Waals surface area contributed by atoms with Gasteiger partial charge in [0.1, 0.15) is 0 Å². The van der Waals surface area contributed by atoms with Gasteiger partial charge in [0.15, 0.2) is 0 Å². The molecule has 4 rings (SSSR count). The van der Waals surface area contributed by atoms with Crippen LogP contribution in [0.3, 0.4) is 0 Å². The maximum atomic E-state index is 13.3. The minimum Gasteiger partial charge on any atom is -0.315 e. The average molecular weight is 340 g/mol. The Morgan fingerprint density at radius 3 is 2.38 bits per heavy atom. The zero-order valence-electron chi connectivity index (χ0n) is 13.4. The molecule has 1 fully saturated rings. The van der Waals surface area contributed by atoms with E-state index in [1.807, 2.05) is 54.6 Å². The van der Waals surface area contributed by atoms with Crippen LogP contribution in [0.15, 0.2) is 59.5 Å². The lowest BCUT2D eigenvalue weighted by molar-refractivity contribution is 0.432. The van der Waals surface area contributed by atoms with Gasteiger partial charge < -0.3 is 5.32 Å².